The lowest BCUT2D eigenvalue weighted by Crippen LogP contribution is -2.41. The second-order valence-electron chi connectivity index (χ2n) is 2.55. The van der Waals surface area contributed by atoms with E-state index in [4.69, 9.17) is 5.73 Å². The van der Waals surface area contributed by atoms with Gasteiger partial charge in [-0.25, -0.2) is 4.79 Å². The molecule has 4 nitrogen and oxygen atoms in total. The first kappa shape index (κ1) is 11.4. The molecule has 0 aromatic carbocycles. The first-order chi connectivity index (χ1) is 5.49. The maximum absolute atomic E-state index is 11.2. The van der Waals surface area contributed by atoms with E-state index >= 15 is 0 Å². The number of urea groups is 1. The predicted octanol–water partition coefficient (Wildman–Crippen LogP) is 0.991. The lowest BCUT2D eigenvalue weighted by molar-refractivity contribution is -0.123. The van der Waals surface area contributed by atoms with Gasteiger partial charge in [-0.15, -0.1) is 0 Å². The number of rotatable bonds is 3. The third kappa shape index (κ3) is 3.71. The van der Waals surface area contributed by atoms with Crippen molar-refractivity contribution < 1.29 is 9.59 Å². The number of carbonyl (C=O) groups excluding carboxylic acids is 2. The van der Waals surface area contributed by atoms with Crippen LogP contribution < -0.4 is 11.1 Å². The Hall–Kier alpha value is -0.580. The van der Waals surface area contributed by atoms with Crippen LogP contribution in [-0.4, -0.2) is 16.8 Å². The molecule has 3 N–H and O–H groups in total. The first-order valence-electron chi connectivity index (χ1n) is 3.73. The molecule has 0 aliphatic rings. The lowest BCUT2D eigenvalue weighted by atomic mass is 10.0. The fourth-order valence-corrected chi connectivity index (χ4v) is 1.55. The zero-order chi connectivity index (χ0) is 9.72. The molecule has 5 heteroatoms. The Morgan fingerprint density at radius 2 is 2.08 bits per heavy atom. The Kier molecular flexibility index (Phi) is 4.89. The van der Waals surface area contributed by atoms with Crippen molar-refractivity contribution in [1.29, 1.82) is 0 Å². The van der Waals surface area contributed by atoms with Crippen molar-refractivity contribution in [3.63, 3.8) is 0 Å². The van der Waals surface area contributed by atoms with Crippen molar-refractivity contribution in [2.45, 2.75) is 25.1 Å². The van der Waals surface area contributed by atoms with Gasteiger partial charge in [-0.3, -0.25) is 10.1 Å². The van der Waals surface area contributed by atoms with Crippen molar-refractivity contribution in [3.05, 3.63) is 0 Å². The van der Waals surface area contributed by atoms with E-state index in [-0.39, 0.29) is 16.7 Å². The molecule has 0 rings (SSSR count). The number of hydrogen-bond donors (Lipinski definition) is 2. The summed E-state index contributed by atoms with van der Waals surface area (Å²) in [6.07, 6.45) is 0.672. The van der Waals surface area contributed by atoms with Crippen LogP contribution in [0.25, 0.3) is 0 Å². The molecule has 12 heavy (non-hydrogen) atoms. The molecular formula is C7H13BrN2O2. The minimum absolute atomic E-state index is 0.0434. The summed E-state index contributed by atoms with van der Waals surface area (Å²) >= 11 is 3.28. The van der Waals surface area contributed by atoms with E-state index in [1.807, 2.05) is 19.2 Å². The van der Waals surface area contributed by atoms with Gasteiger partial charge in [0.25, 0.3) is 0 Å². The van der Waals surface area contributed by atoms with Crippen LogP contribution in [0.1, 0.15) is 20.3 Å². The van der Waals surface area contributed by atoms with Crippen LogP contribution in [0, 0.1) is 5.92 Å². The fourth-order valence-electron chi connectivity index (χ4n) is 0.933. The van der Waals surface area contributed by atoms with Gasteiger partial charge in [0.2, 0.25) is 5.91 Å². The molecule has 0 aliphatic heterocycles. The summed E-state index contributed by atoms with van der Waals surface area (Å²) < 4.78 is 0. The topological polar surface area (TPSA) is 72.2 Å². The number of nitrogens with one attached hydrogen (secondary N) is 1. The lowest BCUT2D eigenvalue weighted by Gasteiger charge is -2.15. The normalized spacial score (nSPS) is 14.9. The second kappa shape index (κ2) is 5.13. The molecule has 0 bridgehead atoms. The van der Waals surface area contributed by atoms with E-state index < -0.39 is 6.03 Å². The van der Waals surface area contributed by atoms with Crippen molar-refractivity contribution in [2.24, 2.45) is 11.7 Å². The van der Waals surface area contributed by atoms with Gasteiger partial charge >= 0.3 is 6.03 Å². The van der Waals surface area contributed by atoms with Gasteiger partial charge in [0.05, 0.1) is 5.92 Å². The highest BCUT2D eigenvalue weighted by atomic mass is 79.9. The number of amides is 3. The number of alkyl halides is 1. The summed E-state index contributed by atoms with van der Waals surface area (Å²) in [6.45, 7) is 3.73. The van der Waals surface area contributed by atoms with Gasteiger partial charge < -0.3 is 5.73 Å². The van der Waals surface area contributed by atoms with Gasteiger partial charge in [-0.2, -0.15) is 0 Å². The number of carbonyl (C=O) groups is 2. The Labute approximate surface area is 80.0 Å². The fraction of sp³-hybridized carbons (Fsp3) is 0.714. The minimum atomic E-state index is -0.799. The summed E-state index contributed by atoms with van der Waals surface area (Å²) in [6, 6.07) is -0.799. The molecule has 0 aromatic heterocycles. The summed E-state index contributed by atoms with van der Waals surface area (Å²) in [5.74, 6) is -0.535. The quantitative estimate of drug-likeness (QED) is 0.718. The van der Waals surface area contributed by atoms with Crippen molar-refractivity contribution in [3.8, 4) is 0 Å². The van der Waals surface area contributed by atoms with Crippen LogP contribution in [0.3, 0.4) is 0 Å². The molecule has 3 amide bonds. The average molecular weight is 237 g/mol. The van der Waals surface area contributed by atoms with Gasteiger partial charge in [0.15, 0.2) is 0 Å². The summed E-state index contributed by atoms with van der Waals surface area (Å²) in [4.78, 5) is 21.6. The molecule has 0 radical (unpaired) electrons. The standard InChI is InChI=1S/C7H13BrN2O2/c1-3-5(4(2)8)6(11)10-7(9)12/h4-5H,3H2,1-2H3,(H3,9,10,11,12). The van der Waals surface area contributed by atoms with Gasteiger partial charge in [0, 0.05) is 4.83 Å². The molecule has 0 heterocycles. The molecule has 0 saturated heterocycles. The zero-order valence-corrected chi connectivity index (χ0v) is 8.72. The molecule has 2 atom stereocenters. The van der Waals surface area contributed by atoms with Gasteiger partial charge in [-0.1, -0.05) is 29.8 Å². The molecule has 0 saturated carbocycles. The van der Waals surface area contributed by atoms with Crippen LogP contribution in [0.2, 0.25) is 0 Å². The SMILES string of the molecule is CCC(C(=O)NC(N)=O)C(C)Br. The Morgan fingerprint density at radius 3 is 2.33 bits per heavy atom. The second-order valence-corrected chi connectivity index (χ2v) is 3.99. The Morgan fingerprint density at radius 1 is 1.58 bits per heavy atom. The van der Waals surface area contributed by atoms with E-state index in [0.717, 1.165) is 0 Å². The highest BCUT2D eigenvalue weighted by molar-refractivity contribution is 9.09. The van der Waals surface area contributed by atoms with E-state index in [2.05, 4.69) is 15.9 Å². The largest absolute Gasteiger partial charge is 0.351 e. The molecule has 0 fully saturated rings. The third-order valence-corrected chi connectivity index (χ3v) is 2.22. The molecule has 2 unspecified atom stereocenters. The van der Waals surface area contributed by atoms with Crippen LogP contribution >= 0.6 is 15.9 Å². The Balaban J connectivity index is 4.12. The summed E-state index contributed by atoms with van der Waals surface area (Å²) in [7, 11) is 0. The van der Waals surface area contributed by atoms with E-state index in [9.17, 15) is 9.59 Å². The number of nitrogens with two attached hydrogens (primary N) is 1. The van der Waals surface area contributed by atoms with Crippen molar-refractivity contribution in [1.82, 2.24) is 5.32 Å². The van der Waals surface area contributed by atoms with E-state index in [0.29, 0.717) is 6.42 Å². The maximum atomic E-state index is 11.2. The Bertz CT molecular complexity index is 182. The minimum Gasteiger partial charge on any atom is -0.351 e. The maximum Gasteiger partial charge on any atom is 0.318 e. The molecular weight excluding hydrogens is 224 g/mol. The van der Waals surface area contributed by atoms with Crippen LogP contribution in [0.4, 0.5) is 4.79 Å². The summed E-state index contributed by atoms with van der Waals surface area (Å²) in [5, 5.41) is 2.05. The third-order valence-electron chi connectivity index (χ3n) is 1.58. The molecule has 0 spiro atoms. The van der Waals surface area contributed by atoms with Crippen LogP contribution in [0.5, 0.6) is 0 Å². The van der Waals surface area contributed by atoms with Crippen LogP contribution in [0.15, 0.2) is 0 Å². The first-order valence-corrected chi connectivity index (χ1v) is 4.65. The smallest absolute Gasteiger partial charge is 0.318 e. The average Bonchev–Trinajstić information content (AvgIpc) is 1.85. The number of imide groups is 1. The van der Waals surface area contributed by atoms with Crippen molar-refractivity contribution >= 4 is 27.9 Å². The van der Waals surface area contributed by atoms with Crippen LogP contribution in [-0.2, 0) is 4.79 Å². The predicted molar refractivity (Wildman–Crippen MR) is 49.9 cm³/mol. The highest BCUT2D eigenvalue weighted by Gasteiger charge is 2.21. The van der Waals surface area contributed by atoms with Crippen molar-refractivity contribution in [2.75, 3.05) is 0 Å². The molecule has 0 aromatic rings. The van der Waals surface area contributed by atoms with E-state index in [1.165, 1.54) is 0 Å². The zero-order valence-electron chi connectivity index (χ0n) is 7.13. The summed E-state index contributed by atoms with van der Waals surface area (Å²) in [5.41, 5.74) is 4.80. The number of primary amides is 1. The van der Waals surface area contributed by atoms with E-state index in [1.54, 1.807) is 0 Å². The number of halogens is 1. The molecule has 0 aliphatic carbocycles. The molecule has 70 valence electrons. The highest BCUT2D eigenvalue weighted by Crippen LogP contribution is 2.15. The van der Waals surface area contributed by atoms with Gasteiger partial charge in [0.1, 0.15) is 0 Å². The number of hydrogen-bond acceptors (Lipinski definition) is 2. The van der Waals surface area contributed by atoms with Gasteiger partial charge in [-0.05, 0) is 6.42 Å². The monoisotopic (exact) mass is 236 g/mol.